The van der Waals surface area contributed by atoms with Crippen molar-refractivity contribution < 1.29 is 49.2 Å². The molecule has 0 fully saturated rings. The van der Waals surface area contributed by atoms with E-state index in [2.05, 4.69) is 0 Å². The lowest BCUT2D eigenvalue weighted by molar-refractivity contribution is -0.0151. The molecule has 0 saturated carbocycles. The molecule has 0 amide bonds. The lowest BCUT2D eigenvalue weighted by Crippen LogP contribution is -2.36. The Kier molecular flexibility index (Phi) is 6.07. The van der Waals surface area contributed by atoms with Gasteiger partial charge < -0.3 is 49.2 Å². The van der Waals surface area contributed by atoms with Crippen molar-refractivity contribution in [3.8, 4) is 46.0 Å². The van der Waals surface area contributed by atoms with Gasteiger partial charge in [0.05, 0.1) is 26.9 Å². The van der Waals surface area contributed by atoms with E-state index in [4.69, 9.17) is 23.7 Å². The molecule has 2 heterocycles. The number of phenolic OH excluding ortho intramolecular Hbond substituents is 3. The number of hydrogen-bond acceptors (Lipinski definition) is 10. The molecule has 0 spiro atoms. The molecule has 10 nitrogen and oxygen atoms in total. The van der Waals surface area contributed by atoms with Gasteiger partial charge in [-0.05, 0) is 24.3 Å². The first-order valence-corrected chi connectivity index (χ1v) is 11.3. The third-order valence-electron chi connectivity index (χ3n) is 6.35. The molecule has 3 aromatic rings. The van der Waals surface area contributed by atoms with E-state index in [9.17, 15) is 25.5 Å². The number of fused-ring (bicyclic) bond motifs is 2. The molecule has 0 aliphatic carbocycles. The van der Waals surface area contributed by atoms with Gasteiger partial charge in [-0.25, -0.2) is 0 Å². The van der Waals surface area contributed by atoms with Crippen LogP contribution in [0.2, 0.25) is 0 Å². The average Bonchev–Trinajstić information content (AvgIpc) is 2.87. The van der Waals surface area contributed by atoms with E-state index < -0.39 is 31.0 Å². The van der Waals surface area contributed by atoms with Crippen LogP contribution in [0.4, 0.5) is 0 Å². The molecule has 0 saturated heterocycles. The lowest BCUT2D eigenvalue weighted by Gasteiger charge is -2.35. The average molecular weight is 498 g/mol. The zero-order chi connectivity index (χ0) is 25.6. The molecule has 4 atom stereocenters. The molecular weight excluding hydrogens is 472 g/mol. The minimum Gasteiger partial charge on any atom is -0.508 e. The molecule has 0 aromatic heterocycles. The highest BCUT2D eigenvalue weighted by Crippen LogP contribution is 2.49. The molecule has 0 bridgehead atoms. The maximum atomic E-state index is 10.9. The molecule has 10 heteroatoms. The van der Waals surface area contributed by atoms with Gasteiger partial charge in [0.2, 0.25) is 5.75 Å². The van der Waals surface area contributed by atoms with Crippen LogP contribution in [0.1, 0.15) is 28.9 Å². The van der Waals surface area contributed by atoms with Crippen LogP contribution < -0.4 is 23.7 Å². The van der Waals surface area contributed by atoms with Gasteiger partial charge in [0.15, 0.2) is 41.3 Å². The second-order valence-corrected chi connectivity index (χ2v) is 8.61. The first-order valence-electron chi connectivity index (χ1n) is 11.3. The zero-order valence-corrected chi connectivity index (χ0v) is 19.5. The van der Waals surface area contributed by atoms with Gasteiger partial charge in [-0.1, -0.05) is 6.07 Å². The van der Waals surface area contributed by atoms with E-state index in [1.165, 1.54) is 38.5 Å². The van der Waals surface area contributed by atoms with Gasteiger partial charge in [0.25, 0.3) is 0 Å². The van der Waals surface area contributed by atoms with E-state index in [0.29, 0.717) is 28.2 Å². The van der Waals surface area contributed by atoms with Gasteiger partial charge in [0, 0.05) is 35.2 Å². The van der Waals surface area contributed by atoms with Crippen molar-refractivity contribution in [2.45, 2.75) is 30.8 Å². The van der Waals surface area contributed by atoms with Crippen LogP contribution in [0, 0.1) is 0 Å². The fourth-order valence-electron chi connectivity index (χ4n) is 4.61. The van der Waals surface area contributed by atoms with Crippen molar-refractivity contribution in [3.63, 3.8) is 0 Å². The van der Waals surface area contributed by atoms with Crippen molar-refractivity contribution in [3.05, 3.63) is 59.2 Å². The number of aliphatic hydroxyl groups is 2. The minimum absolute atomic E-state index is 0.0461. The fraction of sp³-hybridized carbons (Fsp3) is 0.308. The Morgan fingerprint density at radius 2 is 1.56 bits per heavy atom. The third-order valence-corrected chi connectivity index (χ3v) is 6.35. The Hall–Kier alpha value is -4.02. The second-order valence-electron chi connectivity index (χ2n) is 8.61. The first kappa shape index (κ1) is 23.7. The van der Waals surface area contributed by atoms with Gasteiger partial charge in [0.1, 0.15) is 17.2 Å². The summed E-state index contributed by atoms with van der Waals surface area (Å²) in [6.45, 7) is -0.402. The second kappa shape index (κ2) is 9.21. The highest BCUT2D eigenvalue weighted by molar-refractivity contribution is 5.57. The monoisotopic (exact) mass is 498 g/mol. The van der Waals surface area contributed by atoms with E-state index in [-0.39, 0.29) is 40.9 Å². The van der Waals surface area contributed by atoms with Crippen LogP contribution in [-0.4, -0.2) is 58.6 Å². The van der Waals surface area contributed by atoms with Crippen LogP contribution in [-0.2, 0) is 6.42 Å². The summed E-state index contributed by atoms with van der Waals surface area (Å²) in [4.78, 5) is 0. The standard InChI is InChI=1S/C26H26O10/c1-32-19-8-14(28)9-20-15(19)10-18(31)24(34-20)13-5-17(30)26-22(7-13)35-25(23(11-27)36-26)12-3-4-16(29)21(6-12)33-2/h3-9,18,23-25,27-31H,10-11H2,1-2H3. The third kappa shape index (κ3) is 4.04. The van der Waals surface area contributed by atoms with Gasteiger partial charge in [-0.2, -0.15) is 0 Å². The van der Waals surface area contributed by atoms with Crippen molar-refractivity contribution in [1.82, 2.24) is 0 Å². The first-order chi connectivity index (χ1) is 17.3. The summed E-state index contributed by atoms with van der Waals surface area (Å²) in [5.74, 6) is 0.856. The quantitative estimate of drug-likeness (QED) is 0.356. The summed E-state index contributed by atoms with van der Waals surface area (Å²) in [5, 5.41) is 51.5. The molecule has 36 heavy (non-hydrogen) atoms. The number of ether oxygens (including phenoxy) is 5. The highest BCUT2D eigenvalue weighted by Gasteiger charge is 2.38. The van der Waals surface area contributed by atoms with Crippen molar-refractivity contribution in [2.75, 3.05) is 20.8 Å². The summed E-state index contributed by atoms with van der Waals surface area (Å²) >= 11 is 0. The minimum atomic E-state index is -0.986. The number of hydrogen-bond donors (Lipinski definition) is 5. The number of phenols is 3. The van der Waals surface area contributed by atoms with Crippen LogP contribution in [0.5, 0.6) is 46.0 Å². The van der Waals surface area contributed by atoms with Crippen LogP contribution in [0.15, 0.2) is 42.5 Å². The molecule has 3 aromatic carbocycles. The largest absolute Gasteiger partial charge is 0.508 e. The zero-order valence-electron chi connectivity index (χ0n) is 19.5. The maximum absolute atomic E-state index is 10.9. The van der Waals surface area contributed by atoms with E-state index in [0.717, 1.165) is 0 Å². The Bertz CT molecular complexity index is 1290. The highest BCUT2D eigenvalue weighted by atomic mass is 16.6. The summed E-state index contributed by atoms with van der Waals surface area (Å²) in [6.07, 6.45) is -3.30. The smallest absolute Gasteiger partial charge is 0.203 e. The normalized spacial score (nSPS) is 22.3. The molecular formula is C26H26O10. The Morgan fingerprint density at radius 3 is 2.28 bits per heavy atom. The molecule has 0 radical (unpaired) electrons. The molecule has 4 unspecified atom stereocenters. The van der Waals surface area contributed by atoms with E-state index in [1.807, 2.05) is 0 Å². The van der Waals surface area contributed by atoms with Gasteiger partial charge in [-0.15, -0.1) is 0 Å². The number of methoxy groups -OCH3 is 2. The van der Waals surface area contributed by atoms with Crippen LogP contribution in [0.3, 0.4) is 0 Å². The van der Waals surface area contributed by atoms with Crippen molar-refractivity contribution >= 4 is 0 Å². The summed E-state index contributed by atoms with van der Waals surface area (Å²) in [5.41, 5.74) is 1.61. The summed E-state index contributed by atoms with van der Waals surface area (Å²) in [7, 11) is 2.88. The van der Waals surface area contributed by atoms with Crippen molar-refractivity contribution in [1.29, 1.82) is 0 Å². The van der Waals surface area contributed by atoms with E-state index >= 15 is 0 Å². The predicted molar refractivity (Wildman–Crippen MR) is 125 cm³/mol. The Morgan fingerprint density at radius 1 is 0.806 bits per heavy atom. The number of aliphatic hydroxyl groups excluding tert-OH is 2. The molecule has 5 N–H and O–H groups in total. The molecule has 5 rings (SSSR count). The maximum Gasteiger partial charge on any atom is 0.203 e. The number of rotatable bonds is 5. The van der Waals surface area contributed by atoms with Gasteiger partial charge in [-0.3, -0.25) is 0 Å². The number of aromatic hydroxyl groups is 3. The van der Waals surface area contributed by atoms with E-state index in [1.54, 1.807) is 18.2 Å². The Labute approximate surface area is 206 Å². The topological polar surface area (TPSA) is 147 Å². The predicted octanol–water partition coefficient (Wildman–Crippen LogP) is 2.73. The summed E-state index contributed by atoms with van der Waals surface area (Å²) < 4.78 is 28.5. The van der Waals surface area contributed by atoms with Gasteiger partial charge >= 0.3 is 0 Å². The fourth-order valence-corrected chi connectivity index (χ4v) is 4.61. The Balaban J connectivity index is 1.50. The SMILES string of the molecule is COc1cc(C2Oc3cc(C4Oc5cc(O)cc(OC)c5CC4O)cc(O)c3OC2CO)ccc1O. The number of benzene rings is 3. The van der Waals surface area contributed by atoms with Crippen LogP contribution >= 0.6 is 0 Å². The molecule has 2 aliphatic heterocycles. The summed E-state index contributed by atoms with van der Waals surface area (Å²) in [6, 6.07) is 10.5. The molecule has 190 valence electrons. The van der Waals surface area contributed by atoms with Crippen LogP contribution in [0.25, 0.3) is 0 Å². The van der Waals surface area contributed by atoms with Crippen molar-refractivity contribution in [2.24, 2.45) is 0 Å². The molecule has 2 aliphatic rings. The lowest BCUT2D eigenvalue weighted by atomic mass is 9.93.